The molecule has 0 aliphatic rings. The molecule has 118 valence electrons. The van der Waals surface area contributed by atoms with Gasteiger partial charge >= 0.3 is 6.18 Å². The lowest BCUT2D eigenvalue weighted by molar-refractivity contribution is -0.138. The first-order valence-electron chi connectivity index (χ1n) is 6.55. The highest BCUT2D eigenvalue weighted by atomic mass is 79.9. The maximum atomic E-state index is 12.9. The van der Waals surface area contributed by atoms with Gasteiger partial charge < -0.3 is 11.1 Å². The Bertz CT molecular complexity index is 505. The van der Waals surface area contributed by atoms with Gasteiger partial charge in [-0.05, 0) is 23.6 Å². The van der Waals surface area contributed by atoms with Gasteiger partial charge in [-0.25, -0.2) is 0 Å². The number of halogens is 4. The Hall–Kier alpha value is -1.08. The fourth-order valence-corrected chi connectivity index (χ4v) is 2.14. The fourth-order valence-electron chi connectivity index (χ4n) is 1.78. The summed E-state index contributed by atoms with van der Waals surface area (Å²) in [6.07, 6.45) is -3.75. The molecule has 0 aliphatic heterocycles. The Morgan fingerprint density at radius 1 is 1.43 bits per heavy atom. The SMILES string of the molecule is CCC(C)C(N)C(=O)NCc1ccc(Br)cc1C(F)(F)F. The van der Waals surface area contributed by atoms with Crippen LogP contribution in [0.2, 0.25) is 0 Å². The number of hydrogen-bond donors (Lipinski definition) is 2. The molecule has 3 N–H and O–H groups in total. The van der Waals surface area contributed by atoms with Gasteiger partial charge in [-0.15, -0.1) is 0 Å². The van der Waals surface area contributed by atoms with E-state index in [0.29, 0.717) is 4.47 Å². The minimum Gasteiger partial charge on any atom is -0.351 e. The summed E-state index contributed by atoms with van der Waals surface area (Å²) in [6, 6.07) is 3.11. The summed E-state index contributed by atoms with van der Waals surface area (Å²) >= 11 is 3.01. The number of nitrogens with one attached hydrogen (secondary N) is 1. The van der Waals surface area contributed by atoms with Crippen molar-refractivity contribution in [2.45, 2.75) is 39.0 Å². The normalized spacial score (nSPS) is 14.6. The number of amides is 1. The minimum atomic E-state index is -4.47. The Morgan fingerprint density at radius 3 is 2.57 bits per heavy atom. The lowest BCUT2D eigenvalue weighted by Crippen LogP contribution is -2.44. The zero-order valence-corrected chi connectivity index (χ0v) is 13.4. The Kier molecular flexibility index (Phi) is 6.22. The zero-order chi connectivity index (χ0) is 16.2. The van der Waals surface area contributed by atoms with Crippen molar-refractivity contribution in [1.82, 2.24) is 5.32 Å². The second-order valence-electron chi connectivity index (χ2n) is 4.93. The van der Waals surface area contributed by atoms with Crippen LogP contribution >= 0.6 is 15.9 Å². The van der Waals surface area contributed by atoms with E-state index in [1.54, 1.807) is 0 Å². The molecule has 0 saturated carbocycles. The van der Waals surface area contributed by atoms with E-state index in [1.807, 2.05) is 13.8 Å². The first-order chi connectivity index (χ1) is 9.66. The van der Waals surface area contributed by atoms with E-state index in [1.165, 1.54) is 12.1 Å². The van der Waals surface area contributed by atoms with Gasteiger partial charge in [0, 0.05) is 11.0 Å². The van der Waals surface area contributed by atoms with Gasteiger partial charge in [-0.2, -0.15) is 13.2 Å². The average molecular weight is 367 g/mol. The Balaban J connectivity index is 2.83. The summed E-state index contributed by atoms with van der Waals surface area (Å²) in [5, 5.41) is 2.47. The molecule has 0 aromatic heterocycles. The number of benzene rings is 1. The van der Waals surface area contributed by atoms with E-state index in [2.05, 4.69) is 21.2 Å². The monoisotopic (exact) mass is 366 g/mol. The highest BCUT2D eigenvalue weighted by Crippen LogP contribution is 2.33. The largest absolute Gasteiger partial charge is 0.416 e. The average Bonchev–Trinajstić information content (AvgIpc) is 2.42. The summed E-state index contributed by atoms with van der Waals surface area (Å²) < 4.78 is 39.1. The van der Waals surface area contributed by atoms with Crippen molar-refractivity contribution in [2.75, 3.05) is 0 Å². The number of hydrogen-bond acceptors (Lipinski definition) is 2. The molecule has 0 heterocycles. The molecule has 0 spiro atoms. The van der Waals surface area contributed by atoms with Crippen LogP contribution < -0.4 is 11.1 Å². The van der Waals surface area contributed by atoms with Gasteiger partial charge in [0.25, 0.3) is 0 Å². The maximum absolute atomic E-state index is 12.9. The predicted octanol–water partition coefficient (Wildman–Crippen LogP) is 3.46. The minimum absolute atomic E-state index is 0.00963. The summed E-state index contributed by atoms with van der Waals surface area (Å²) in [7, 11) is 0. The molecular formula is C14H18BrF3N2O. The standard InChI is InChI=1S/C14H18BrF3N2O/c1-3-8(2)12(19)13(21)20-7-9-4-5-10(15)6-11(9)14(16,17)18/h4-6,8,12H,3,7,19H2,1-2H3,(H,20,21). The molecule has 0 aliphatic carbocycles. The third kappa shape index (κ3) is 5.00. The van der Waals surface area contributed by atoms with Gasteiger partial charge in [0.15, 0.2) is 0 Å². The number of nitrogens with two attached hydrogens (primary N) is 1. The predicted molar refractivity (Wildman–Crippen MR) is 78.4 cm³/mol. The third-order valence-corrected chi connectivity index (χ3v) is 3.88. The molecule has 7 heteroatoms. The van der Waals surface area contributed by atoms with Crippen molar-refractivity contribution in [1.29, 1.82) is 0 Å². The topological polar surface area (TPSA) is 55.1 Å². The van der Waals surface area contributed by atoms with Crippen LogP contribution in [0, 0.1) is 5.92 Å². The Labute approximate surface area is 130 Å². The van der Waals surface area contributed by atoms with E-state index in [-0.39, 0.29) is 18.0 Å². The highest BCUT2D eigenvalue weighted by molar-refractivity contribution is 9.10. The number of rotatable bonds is 5. The molecule has 0 bridgehead atoms. The van der Waals surface area contributed by atoms with Crippen LogP contribution in [0.15, 0.2) is 22.7 Å². The van der Waals surface area contributed by atoms with Crippen LogP contribution in [0.3, 0.4) is 0 Å². The summed E-state index contributed by atoms with van der Waals surface area (Å²) in [5.41, 5.74) is 4.98. The molecule has 2 unspecified atom stereocenters. The van der Waals surface area contributed by atoms with Gasteiger partial charge in [0.05, 0.1) is 11.6 Å². The second kappa shape index (κ2) is 7.26. The lowest BCUT2D eigenvalue weighted by Gasteiger charge is -2.19. The van der Waals surface area contributed by atoms with E-state index >= 15 is 0 Å². The van der Waals surface area contributed by atoms with Gasteiger partial charge in [0.1, 0.15) is 0 Å². The molecule has 1 aromatic rings. The summed E-state index contributed by atoms with van der Waals surface area (Å²) in [4.78, 5) is 11.8. The van der Waals surface area contributed by atoms with Crippen LogP contribution in [0.1, 0.15) is 31.4 Å². The van der Waals surface area contributed by atoms with E-state index < -0.39 is 23.7 Å². The van der Waals surface area contributed by atoms with Gasteiger partial charge in [0.2, 0.25) is 5.91 Å². The van der Waals surface area contributed by atoms with Crippen molar-refractivity contribution in [3.63, 3.8) is 0 Å². The van der Waals surface area contributed by atoms with Crippen molar-refractivity contribution in [3.8, 4) is 0 Å². The van der Waals surface area contributed by atoms with Crippen LogP contribution in [0.5, 0.6) is 0 Å². The third-order valence-electron chi connectivity index (χ3n) is 3.39. The molecule has 0 radical (unpaired) electrons. The summed E-state index contributed by atoms with van der Waals surface area (Å²) in [5.74, 6) is -0.475. The Morgan fingerprint density at radius 2 is 2.05 bits per heavy atom. The molecule has 3 nitrogen and oxygen atoms in total. The van der Waals surface area contributed by atoms with Gasteiger partial charge in [-0.3, -0.25) is 4.79 Å². The molecule has 2 atom stereocenters. The zero-order valence-electron chi connectivity index (χ0n) is 11.8. The fraction of sp³-hybridized carbons (Fsp3) is 0.500. The van der Waals surface area contributed by atoms with Crippen LogP contribution in [0.25, 0.3) is 0 Å². The quantitative estimate of drug-likeness (QED) is 0.838. The second-order valence-corrected chi connectivity index (χ2v) is 5.84. The molecule has 21 heavy (non-hydrogen) atoms. The highest BCUT2D eigenvalue weighted by Gasteiger charge is 2.33. The van der Waals surface area contributed by atoms with Crippen molar-refractivity contribution in [3.05, 3.63) is 33.8 Å². The number of carbonyl (C=O) groups excluding carboxylic acids is 1. The van der Waals surface area contributed by atoms with Crippen LogP contribution in [-0.4, -0.2) is 11.9 Å². The van der Waals surface area contributed by atoms with Crippen molar-refractivity contribution >= 4 is 21.8 Å². The molecule has 1 amide bonds. The van der Waals surface area contributed by atoms with Crippen molar-refractivity contribution < 1.29 is 18.0 Å². The lowest BCUT2D eigenvalue weighted by atomic mass is 9.99. The van der Waals surface area contributed by atoms with E-state index in [4.69, 9.17) is 5.73 Å². The van der Waals surface area contributed by atoms with E-state index in [0.717, 1.165) is 12.5 Å². The molecule has 1 rings (SSSR count). The molecule has 0 fully saturated rings. The molecule has 0 saturated heterocycles. The first-order valence-corrected chi connectivity index (χ1v) is 7.35. The van der Waals surface area contributed by atoms with Crippen LogP contribution in [-0.2, 0) is 17.5 Å². The maximum Gasteiger partial charge on any atom is 0.416 e. The first kappa shape index (κ1) is 18.0. The van der Waals surface area contributed by atoms with Crippen LogP contribution in [0.4, 0.5) is 13.2 Å². The molecular weight excluding hydrogens is 349 g/mol. The van der Waals surface area contributed by atoms with E-state index in [9.17, 15) is 18.0 Å². The smallest absolute Gasteiger partial charge is 0.351 e. The number of alkyl halides is 3. The molecule has 1 aromatic carbocycles. The number of carbonyl (C=O) groups is 1. The summed E-state index contributed by atoms with van der Waals surface area (Å²) in [6.45, 7) is 3.52. The van der Waals surface area contributed by atoms with Gasteiger partial charge in [-0.1, -0.05) is 42.3 Å². The van der Waals surface area contributed by atoms with Crippen molar-refractivity contribution in [2.24, 2.45) is 11.7 Å².